The topological polar surface area (TPSA) is 101 Å². The van der Waals surface area contributed by atoms with Gasteiger partial charge in [0.1, 0.15) is 18.0 Å². The number of H-pyrrole nitrogens is 1. The molecule has 0 bridgehead atoms. The predicted molar refractivity (Wildman–Crippen MR) is 121 cm³/mol. The van der Waals surface area contributed by atoms with E-state index in [1.54, 1.807) is 42.5 Å². The molecule has 0 atom stereocenters. The zero-order valence-electron chi connectivity index (χ0n) is 17.2. The molecule has 8 nitrogen and oxygen atoms in total. The minimum absolute atomic E-state index is 0.225. The first-order chi connectivity index (χ1) is 15.6. The molecule has 0 aliphatic rings. The number of aromatic amines is 1. The van der Waals surface area contributed by atoms with Crippen molar-refractivity contribution in [2.45, 2.75) is 13.5 Å². The summed E-state index contributed by atoms with van der Waals surface area (Å²) in [5.41, 5.74) is 3.87. The van der Waals surface area contributed by atoms with Gasteiger partial charge >= 0.3 is 0 Å². The molecule has 0 saturated heterocycles. The molecule has 3 aromatic heterocycles. The van der Waals surface area contributed by atoms with Crippen LogP contribution in [0.25, 0.3) is 16.6 Å². The highest BCUT2D eigenvalue weighted by Crippen LogP contribution is 2.22. The maximum Gasteiger partial charge on any atom is 0.259 e. The third kappa shape index (κ3) is 3.69. The average molecular weight is 425 g/mol. The quantitative estimate of drug-likeness (QED) is 0.447. The second kappa shape index (κ2) is 7.99. The number of carbonyl (C=O) groups is 1. The van der Waals surface area contributed by atoms with Crippen LogP contribution in [0.4, 0.5) is 5.69 Å². The number of amides is 1. The zero-order chi connectivity index (χ0) is 22.1. The van der Waals surface area contributed by atoms with E-state index in [-0.39, 0.29) is 18.1 Å². The van der Waals surface area contributed by atoms with Gasteiger partial charge in [0, 0.05) is 18.1 Å². The summed E-state index contributed by atoms with van der Waals surface area (Å²) < 4.78 is 7.89. The van der Waals surface area contributed by atoms with E-state index in [4.69, 9.17) is 4.74 Å². The first-order valence-corrected chi connectivity index (χ1v) is 10.0. The van der Waals surface area contributed by atoms with E-state index in [2.05, 4.69) is 20.3 Å². The summed E-state index contributed by atoms with van der Waals surface area (Å²) in [5, 5.41) is 3.23. The fourth-order valence-corrected chi connectivity index (χ4v) is 3.55. The van der Waals surface area contributed by atoms with Gasteiger partial charge in [-0.3, -0.25) is 9.59 Å². The zero-order valence-corrected chi connectivity index (χ0v) is 17.2. The number of hydrogen-bond donors (Lipinski definition) is 2. The van der Waals surface area contributed by atoms with Crippen LogP contribution in [0.2, 0.25) is 0 Å². The van der Waals surface area contributed by atoms with Crippen LogP contribution in [0, 0.1) is 6.92 Å². The highest BCUT2D eigenvalue weighted by molar-refractivity contribution is 6.06. The Labute approximate surface area is 182 Å². The largest absolute Gasteiger partial charge is 0.486 e. The lowest BCUT2D eigenvalue weighted by molar-refractivity contribution is 0.102. The van der Waals surface area contributed by atoms with E-state index in [1.165, 1.54) is 6.33 Å². The number of nitrogens with zero attached hydrogens (tertiary/aromatic N) is 3. The van der Waals surface area contributed by atoms with Crippen molar-refractivity contribution < 1.29 is 9.53 Å². The Kier molecular flexibility index (Phi) is 4.87. The van der Waals surface area contributed by atoms with Crippen LogP contribution in [0.5, 0.6) is 5.75 Å². The van der Waals surface area contributed by atoms with Crippen LogP contribution in [0.15, 0.2) is 78.1 Å². The lowest BCUT2D eigenvalue weighted by atomic mass is 10.1. The van der Waals surface area contributed by atoms with Crippen LogP contribution in [0.1, 0.15) is 21.6 Å². The van der Waals surface area contributed by atoms with Gasteiger partial charge in [-0.1, -0.05) is 18.2 Å². The highest BCUT2D eigenvalue weighted by atomic mass is 16.5. The van der Waals surface area contributed by atoms with Crippen LogP contribution >= 0.6 is 0 Å². The van der Waals surface area contributed by atoms with Gasteiger partial charge in [0.05, 0.1) is 28.5 Å². The van der Waals surface area contributed by atoms with Crippen LogP contribution in [-0.4, -0.2) is 25.3 Å². The molecular weight excluding hydrogens is 406 g/mol. The Morgan fingerprint density at radius 2 is 2.03 bits per heavy atom. The molecule has 158 valence electrons. The van der Waals surface area contributed by atoms with Gasteiger partial charge in [0.2, 0.25) is 0 Å². The summed E-state index contributed by atoms with van der Waals surface area (Å²) in [6.45, 7) is 2.23. The molecule has 0 aliphatic carbocycles. The molecule has 0 saturated carbocycles. The number of aromatic nitrogens is 4. The van der Waals surface area contributed by atoms with Crippen molar-refractivity contribution in [3.63, 3.8) is 0 Å². The number of imidazole rings is 1. The molecule has 2 aromatic carbocycles. The molecule has 0 unspecified atom stereocenters. The second-order valence-electron chi connectivity index (χ2n) is 7.36. The first kappa shape index (κ1) is 19.5. The smallest absolute Gasteiger partial charge is 0.259 e. The summed E-state index contributed by atoms with van der Waals surface area (Å²) in [4.78, 5) is 36.2. The van der Waals surface area contributed by atoms with Gasteiger partial charge in [-0.2, -0.15) is 0 Å². The number of para-hydroxylation sites is 1. The monoisotopic (exact) mass is 425 g/mol. The van der Waals surface area contributed by atoms with Crippen molar-refractivity contribution in [1.82, 2.24) is 19.4 Å². The molecule has 1 amide bonds. The molecule has 0 fully saturated rings. The van der Waals surface area contributed by atoms with E-state index < -0.39 is 0 Å². The van der Waals surface area contributed by atoms with Crippen LogP contribution < -0.4 is 15.6 Å². The van der Waals surface area contributed by atoms with Gasteiger partial charge < -0.3 is 19.4 Å². The number of rotatable bonds is 5. The lowest BCUT2D eigenvalue weighted by Gasteiger charge is -2.11. The van der Waals surface area contributed by atoms with Crippen LogP contribution in [0.3, 0.4) is 0 Å². The molecule has 5 rings (SSSR count). The maximum atomic E-state index is 12.9. The maximum absolute atomic E-state index is 12.9. The number of anilines is 1. The molecule has 0 radical (unpaired) electrons. The van der Waals surface area contributed by atoms with E-state index >= 15 is 0 Å². The molecule has 3 heterocycles. The minimum Gasteiger partial charge on any atom is -0.486 e. The second-order valence-corrected chi connectivity index (χ2v) is 7.36. The molecule has 0 aliphatic heterocycles. The Morgan fingerprint density at radius 3 is 2.91 bits per heavy atom. The van der Waals surface area contributed by atoms with Crippen molar-refractivity contribution >= 4 is 28.1 Å². The molecule has 2 N–H and O–H groups in total. The summed E-state index contributed by atoms with van der Waals surface area (Å²) in [7, 11) is 0. The Balaban J connectivity index is 1.36. The van der Waals surface area contributed by atoms with E-state index in [0.29, 0.717) is 27.9 Å². The number of pyridine rings is 1. The van der Waals surface area contributed by atoms with Gasteiger partial charge in [0.25, 0.3) is 11.5 Å². The molecule has 5 aromatic rings. The average Bonchev–Trinajstić information content (AvgIpc) is 3.23. The molecule has 0 spiro atoms. The van der Waals surface area contributed by atoms with Crippen molar-refractivity contribution in [3.05, 3.63) is 100 Å². The number of fused-ring (bicyclic) bond motifs is 2. The number of carbonyl (C=O) groups excluding carboxylic acids is 1. The summed E-state index contributed by atoms with van der Waals surface area (Å²) in [6, 6.07) is 16.0. The molecule has 8 heteroatoms. The summed E-state index contributed by atoms with van der Waals surface area (Å²) >= 11 is 0. The standard InChI is InChI=1S/C24H19N5O3/c1-15-5-4-10-29-12-17(27-22(15)29)13-32-21-7-3-2-6-18(21)24(31)28-16-8-9-20-19(11-16)23(30)26-14-25-20/h2-12,14H,13H2,1H3,(H,28,31)(H,25,26,30). The number of benzene rings is 2. The predicted octanol–water partition coefficient (Wildman–Crippen LogP) is 3.71. The highest BCUT2D eigenvalue weighted by Gasteiger charge is 2.14. The van der Waals surface area contributed by atoms with Crippen LogP contribution in [-0.2, 0) is 6.61 Å². The fourth-order valence-electron chi connectivity index (χ4n) is 3.55. The Bertz CT molecular complexity index is 1520. The first-order valence-electron chi connectivity index (χ1n) is 10.0. The van der Waals surface area contributed by atoms with E-state index in [1.807, 2.05) is 35.9 Å². The Morgan fingerprint density at radius 1 is 1.16 bits per heavy atom. The third-order valence-corrected chi connectivity index (χ3v) is 5.13. The van der Waals surface area contributed by atoms with Crippen molar-refractivity contribution in [1.29, 1.82) is 0 Å². The normalized spacial score (nSPS) is 11.0. The lowest BCUT2D eigenvalue weighted by Crippen LogP contribution is -2.14. The summed E-state index contributed by atoms with van der Waals surface area (Å²) in [5.74, 6) is 0.102. The van der Waals surface area contributed by atoms with E-state index in [0.717, 1.165) is 16.9 Å². The van der Waals surface area contributed by atoms with E-state index in [9.17, 15) is 9.59 Å². The number of nitrogens with one attached hydrogen (secondary N) is 2. The fraction of sp³-hybridized carbons (Fsp3) is 0.0833. The minimum atomic E-state index is -0.342. The van der Waals surface area contributed by atoms with Gasteiger partial charge in [0.15, 0.2) is 0 Å². The number of hydrogen-bond acceptors (Lipinski definition) is 5. The molecular formula is C24H19N5O3. The molecule has 32 heavy (non-hydrogen) atoms. The van der Waals surface area contributed by atoms with Crippen molar-refractivity contribution in [2.75, 3.05) is 5.32 Å². The van der Waals surface area contributed by atoms with Gasteiger partial charge in [-0.15, -0.1) is 0 Å². The summed E-state index contributed by atoms with van der Waals surface area (Å²) in [6.07, 6.45) is 5.19. The van der Waals surface area contributed by atoms with Crippen molar-refractivity contribution in [3.8, 4) is 5.75 Å². The third-order valence-electron chi connectivity index (χ3n) is 5.13. The van der Waals surface area contributed by atoms with Gasteiger partial charge in [-0.05, 0) is 48.9 Å². The number of ether oxygens (including phenoxy) is 1. The Hall–Kier alpha value is -4.46. The van der Waals surface area contributed by atoms with Crippen molar-refractivity contribution in [2.24, 2.45) is 0 Å². The van der Waals surface area contributed by atoms with Gasteiger partial charge in [-0.25, -0.2) is 9.97 Å². The SMILES string of the molecule is Cc1cccn2cc(COc3ccccc3C(=O)Nc3ccc4nc[nH]c(=O)c4c3)nc12. The number of aryl methyl sites for hydroxylation is 1.